The number of nitrogens with one attached hydrogen (secondary N) is 1. The fourth-order valence-corrected chi connectivity index (χ4v) is 5.28. The third-order valence-electron chi connectivity index (χ3n) is 6.47. The zero-order valence-corrected chi connectivity index (χ0v) is 15.4. The van der Waals surface area contributed by atoms with Gasteiger partial charge in [0.1, 0.15) is 11.9 Å². The molecule has 0 aromatic carbocycles. The number of fused-ring (bicyclic) bond motifs is 2. The second-order valence-electron chi connectivity index (χ2n) is 8.02. The van der Waals surface area contributed by atoms with Crippen molar-refractivity contribution in [2.45, 2.75) is 57.1 Å². The summed E-state index contributed by atoms with van der Waals surface area (Å²) in [4.78, 5) is 12.5. The van der Waals surface area contributed by atoms with Crippen LogP contribution in [0.3, 0.4) is 0 Å². The first-order valence-electron chi connectivity index (χ1n) is 9.81. The van der Waals surface area contributed by atoms with E-state index in [1.807, 2.05) is 18.2 Å². The summed E-state index contributed by atoms with van der Waals surface area (Å²) < 4.78 is 11.4. The molecule has 4 aliphatic rings. The van der Waals surface area contributed by atoms with E-state index < -0.39 is 0 Å². The number of allylic oxidation sites excluding steroid dienone is 3. The van der Waals surface area contributed by atoms with E-state index >= 15 is 0 Å². The smallest absolute Gasteiger partial charge is 0.309 e. The van der Waals surface area contributed by atoms with Crippen molar-refractivity contribution in [3.63, 3.8) is 0 Å². The molecule has 5 atom stereocenters. The SMILES string of the molecule is COC(=O)C1CCCCC1C1=C2C=CC(=N)C=C2OC2CC(N)CCC12. The minimum Gasteiger partial charge on any atom is -0.489 e. The molecule has 1 aliphatic heterocycles. The molecule has 2 saturated carbocycles. The lowest BCUT2D eigenvalue weighted by Crippen LogP contribution is -2.45. The molecule has 5 heteroatoms. The van der Waals surface area contributed by atoms with Crippen molar-refractivity contribution in [3.05, 3.63) is 35.1 Å². The Morgan fingerprint density at radius 1 is 1.19 bits per heavy atom. The first-order chi connectivity index (χ1) is 12.6. The third kappa shape index (κ3) is 3.02. The Kier molecular flexibility index (Phi) is 4.74. The van der Waals surface area contributed by atoms with E-state index in [0.717, 1.165) is 56.3 Å². The van der Waals surface area contributed by atoms with Crippen molar-refractivity contribution in [1.82, 2.24) is 0 Å². The highest BCUT2D eigenvalue weighted by molar-refractivity contribution is 6.04. The van der Waals surface area contributed by atoms with Gasteiger partial charge in [-0.3, -0.25) is 4.79 Å². The van der Waals surface area contributed by atoms with Crippen LogP contribution >= 0.6 is 0 Å². The molecule has 5 unspecified atom stereocenters. The van der Waals surface area contributed by atoms with Gasteiger partial charge in [-0.15, -0.1) is 0 Å². The molecule has 0 radical (unpaired) electrons. The van der Waals surface area contributed by atoms with E-state index in [9.17, 15) is 4.79 Å². The Bertz CT molecular complexity index is 706. The first kappa shape index (κ1) is 17.5. The standard InChI is InChI=1S/C21H28N2O3/c1-25-21(24)15-5-3-2-4-14(15)20-16-8-6-12(22)10-18(16)26-19-11-13(23)7-9-17(19)20/h6,8,10,13-15,17,19,22H,2-5,7,9,11,23H2,1H3. The van der Waals surface area contributed by atoms with Crippen LogP contribution in [0.15, 0.2) is 35.1 Å². The Morgan fingerprint density at radius 2 is 2.00 bits per heavy atom. The van der Waals surface area contributed by atoms with E-state index in [2.05, 4.69) is 0 Å². The van der Waals surface area contributed by atoms with Gasteiger partial charge in [0.15, 0.2) is 0 Å². The average Bonchev–Trinajstić information content (AvgIpc) is 2.65. The van der Waals surface area contributed by atoms with Gasteiger partial charge < -0.3 is 20.6 Å². The van der Waals surface area contributed by atoms with Gasteiger partial charge in [-0.1, -0.05) is 12.8 Å². The van der Waals surface area contributed by atoms with Crippen LogP contribution in [0.5, 0.6) is 0 Å². The maximum absolute atomic E-state index is 12.5. The topological polar surface area (TPSA) is 85.4 Å². The molecule has 0 spiro atoms. The van der Waals surface area contributed by atoms with Gasteiger partial charge in [-0.2, -0.15) is 0 Å². The van der Waals surface area contributed by atoms with E-state index in [-0.39, 0.29) is 30.0 Å². The maximum atomic E-state index is 12.5. The zero-order chi connectivity index (χ0) is 18.3. The molecule has 0 saturated heterocycles. The van der Waals surface area contributed by atoms with Crippen LogP contribution in [0, 0.1) is 23.2 Å². The van der Waals surface area contributed by atoms with Crippen molar-refractivity contribution < 1.29 is 14.3 Å². The fourth-order valence-electron chi connectivity index (χ4n) is 5.28. The van der Waals surface area contributed by atoms with Crippen LogP contribution in [0.25, 0.3) is 0 Å². The summed E-state index contributed by atoms with van der Waals surface area (Å²) in [6, 6.07) is 0.168. The van der Waals surface area contributed by atoms with Crippen LogP contribution in [0.2, 0.25) is 0 Å². The number of carbonyl (C=O) groups is 1. The highest BCUT2D eigenvalue weighted by Crippen LogP contribution is 2.49. The largest absolute Gasteiger partial charge is 0.489 e. The molecule has 26 heavy (non-hydrogen) atoms. The number of hydrogen-bond acceptors (Lipinski definition) is 5. The zero-order valence-electron chi connectivity index (χ0n) is 15.4. The van der Waals surface area contributed by atoms with E-state index in [1.54, 1.807) is 0 Å². The fraction of sp³-hybridized carbons (Fsp3) is 0.619. The molecule has 5 nitrogen and oxygen atoms in total. The summed E-state index contributed by atoms with van der Waals surface area (Å²) in [6.45, 7) is 0. The van der Waals surface area contributed by atoms with Crippen molar-refractivity contribution in [1.29, 1.82) is 5.41 Å². The summed E-state index contributed by atoms with van der Waals surface area (Å²) in [5.74, 6) is 1.15. The molecular weight excluding hydrogens is 328 g/mol. The van der Waals surface area contributed by atoms with Gasteiger partial charge in [-0.25, -0.2) is 0 Å². The highest BCUT2D eigenvalue weighted by atomic mass is 16.5. The van der Waals surface area contributed by atoms with Crippen molar-refractivity contribution in [2.75, 3.05) is 7.11 Å². The highest BCUT2D eigenvalue weighted by Gasteiger charge is 2.45. The summed E-state index contributed by atoms with van der Waals surface area (Å²) in [6.07, 6.45) is 12.7. The van der Waals surface area contributed by atoms with E-state index in [0.29, 0.717) is 11.6 Å². The van der Waals surface area contributed by atoms with Crippen LogP contribution in [-0.2, 0) is 14.3 Å². The number of rotatable bonds is 2. The number of hydrogen-bond donors (Lipinski definition) is 2. The summed E-state index contributed by atoms with van der Waals surface area (Å²) in [5.41, 5.74) is 9.12. The second-order valence-corrected chi connectivity index (χ2v) is 8.02. The van der Waals surface area contributed by atoms with Crippen molar-refractivity contribution in [2.24, 2.45) is 23.5 Å². The Labute approximate surface area is 154 Å². The quantitative estimate of drug-likeness (QED) is 0.744. The summed E-state index contributed by atoms with van der Waals surface area (Å²) >= 11 is 0. The predicted octanol–water partition coefficient (Wildman–Crippen LogP) is 3.26. The Morgan fingerprint density at radius 3 is 2.81 bits per heavy atom. The molecular formula is C21H28N2O3. The Hall–Kier alpha value is -1.88. The molecule has 140 valence electrons. The predicted molar refractivity (Wildman–Crippen MR) is 99.6 cm³/mol. The average molecular weight is 356 g/mol. The normalized spacial score (nSPS) is 36.6. The number of esters is 1. The van der Waals surface area contributed by atoms with Crippen LogP contribution < -0.4 is 5.73 Å². The lowest BCUT2D eigenvalue weighted by Gasteiger charge is -2.46. The minimum atomic E-state index is -0.0867. The first-order valence-corrected chi connectivity index (χ1v) is 9.81. The number of carbonyl (C=O) groups excluding carboxylic acids is 1. The van der Waals surface area contributed by atoms with Gasteiger partial charge in [-0.05, 0) is 55.7 Å². The Balaban J connectivity index is 1.79. The van der Waals surface area contributed by atoms with E-state index in [1.165, 1.54) is 12.7 Å². The summed E-state index contributed by atoms with van der Waals surface area (Å²) in [5, 5.41) is 7.97. The molecule has 3 aliphatic carbocycles. The van der Waals surface area contributed by atoms with Gasteiger partial charge >= 0.3 is 5.97 Å². The van der Waals surface area contributed by atoms with Crippen molar-refractivity contribution in [3.8, 4) is 0 Å². The lowest BCUT2D eigenvalue weighted by atomic mass is 9.65. The molecule has 0 bridgehead atoms. The summed E-state index contributed by atoms with van der Waals surface area (Å²) in [7, 11) is 1.49. The molecule has 2 fully saturated rings. The number of methoxy groups -OCH3 is 1. The maximum Gasteiger partial charge on any atom is 0.309 e. The molecule has 4 rings (SSSR count). The third-order valence-corrected chi connectivity index (χ3v) is 6.47. The van der Waals surface area contributed by atoms with Crippen LogP contribution in [0.1, 0.15) is 44.9 Å². The van der Waals surface area contributed by atoms with Gasteiger partial charge in [0.25, 0.3) is 0 Å². The molecule has 0 aromatic rings. The minimum absolute atomic E-state index is 0.0586. The lowest BCUT2D eigenvalue weighted by molar-refractivity contribution is -0.148. The van der Waals surface area contributed by atoms with Crippen LogP contribution in [0.4, 0.5) is 0 Å². The van der Waals surface area contributed by atoms with Gasteiger partial charge in [0, 0.05) is 23.6 Å². The molecule has 0 amide bonds. The number of nitrogens with two attached hydrogens (primary N) is 1. The molecule has 3 N–H and O–H groups in total. The number of ether oxygens (including phenoxy) is 2. The van der Waals surface area contributed by atoms with Gasteiger partial charge in [0.05, 0.1) is 18.7 Å². The molecule has 1 heterocycles. The van der Waals surface area contributed by atoms with Gasteiger partial charge in [0.2, 0.25) is 0 Å². The van der Waals surface area contributed by atoms with E-state index in [4.69, 9.17) is 20.6 Å². The second kappa shape index (κ2) is 7.03. The molecule has 0 aromatic heterocycles. The van der Waals surface area contributed by atoms with Crippen LogP contribution in [-0.4, -0.2) is 30.9 Å². The van der Waals surface area contributed by atoms with Crippen molar-refractivity contribution >= 4 is 11.7 Å². The monoisotopic (exact) mass is 356 g/mol.